The molecule has 1 amide bonds. The molecule has 3 rings (SSSR count). The molecule has 164 valence electrons. The maximum atomic E-state index is 11.9. The maximum absolute atomic E-state index is 11.9. The van der Waals surface area contributed by atoms with E-state index in [1.165, 1.54) is 17.7 Å². The van der Waals surface area contributed by atoms with Gasteiger partial charge in [0.25, 0.3) is 5.91 Å². The van der Waals surface area contributed by atoms with E-state index in [0.29, 0.717) is 29.1 Å². The van der Waals surface area contributed by atoms with Crippen LogP contribution in [0.25, 0.3) is 0 Å². The van der Waals surface area contributed by atoms with Crippen molar-refractivity contribution in [1.29, 1.82) is 0 Å². The van der Waals surface area contributed by atoms with Crippen molar-refractivity contribution in [3.63, 3.8) is 0 Å². The van der Waals surface area contributed by atoms with Crippen molar-refractivity contribution in [2.24, 2.45) is 11.5 Å². The Morgan fingerprint density at radius 3 is 2.90 bits per heavy atom. The monoisotopic (exact) mass is 453 g/mol. The highest BCUT2D eigenvalue weighted by atomic mass is 35.5. The summed E-state index contributed by atoms with van der Waals surface area (Å²) in [5.74, 6) is 0.0484. The van der Waals surface area contributed by atoms with Crippen molar-refractivity contribution in [2.45, 2.75) is 44.2 Å². The summed E-state index contributed by atoms with van der Waals surface area (Å²) in [6.07, 6.45) is 6.24. The Labute approximate surface area is 184 Å². The lowest BCUT2D eigenvalue weighted by molar-refractivity contribution is 0.100. The van der Waals surface area contributed by atoms with Crippen LogP contribution in [0.2, 0.25) is 5.02 Å². The summed E-state index contributed by atoms with van der Waals surface area (Å²) in [6, 6.07) is 0.138. The van der Waals surface area contributed by atoms with Gasteiger partial charge in [0.05, 0.1) is 10.7 Å². The normalized spacial score (nSPS) is 18.9. The minimum atomic E-state index is -0.629. The molecular formula is C18H28ClN9OS. The first-order chi connectivity index (χ1) is 14.5. The van der Waals surface area contributed by atoms with Gasteiger partial charge in [-0.1, -0.05) is 24.4 Å². The number of hydrogen-bond acceptors (Lipinski definition) is 10. The van der Waals surface area contributed by atoms with Crippen molar-refractivity contribution in [1.82, 2.24) is 25.0 Å². The Morgan fingerprint density at radius 1 is 1.37 bits per heavy atom. The molecule has 8 N–H and O–H groups in total. The van der Waals surface area contributed by atoms with Crippen molar-refractivity contribution in [2.75, 3.05) is 30.9 Å². The molecule has 1 aliphatic rings. The number of hydrogen-bond donors (Lipinski definition) is 6. The van der Waals surface area contributed by atoms with Crippen molar-refractivity contribution in [3.8, 4) is 0 Å². The third-order valence-electron chi connectivity index (χ3n) is 4.96. The predicted molar refractivity (Wildman–Crippen MR) is 120 cm³/mol. The molecule has 0 saturated heterocycles. The number of rotatable bonds is 10. The number of anilines is 3. The highest BCUT2D eigenvalue weighted by molar-refractivity contribution is 7.11. The van der Waals surface area contributed by atoms with Crippen LogP contribution in [0.15, 0.2) is 6.20 Å². The van der Waals surface area contributed by atoms with Gasteiger partial charge in [-0.3, -0.25) is 4.79 Å². The number of carbonyl (C=O) groups excluding carboxylic acids is 1. The summed E-state index contributed by atoms with van der Waals surface area (Å²) in [7, 11) is 1.87. The molecule has 10 nitrogen and oxygen atoms in total. The molecule has 2 aromatic rings. The number of aromatic nitrogens is 3. The predicted octanol–water partition coefficient (Wildman–Crippen LogP) is 1.42. The zero-order valence-electron chi connectivity index (χ0n) is 16.9. The fourth-order valence-electron chi connectivity index (χ4n) is 3.30. The molecule has 0 aliphatic heterocycles. The van der Waals surface area contributed by atoms with Crippen LogP contribution >= 0.6 is 23.1 Å². The van der Waals surface area contributed by atoms with Gasteiger partial charge in [-0.15, -0.1) is 0 Å². The van der Waals surface area contributed by atoms with Crippen LogP contribution in [0.4, 0.5) is 16.8 Å². The van der Waals surface area contributed by atoms with Crippen LogP contribution in [0.1, 0.15) is 41.7 Å². The van der Waals surface area contributed by atoms with Gasteiger partial charge in [0.1, 0.15) is 16.4 Å². The third-order valence-corrected chi connectivity index (χ3v) is 6.28. The van der Waals surface area contributed by atoms with Gasteiger partial charge in [0, 0.05) is 37.9 Å². The zero-order chi connectivity index (χ0) is 21.5. The second-order valence-corrected chi connectivity index (χ2v) is 8.35. The number of nitrogens with zero attached hydrogens (tertiary/aromatic N) is 3. The van der Waals surface area contributed by atoms with Gasteiger partial charge < -0.3 is 32.7 Å². The van der Waals surface area contributed by atoms with E-state index in [1.54, 1.807) is 0 Å². The summed E-state index contributed by atoms with van der Waals surface area (Å²) in [5, 5.41) is 13.7. The Balaban J connectivity index is 1.75. The van der Waals surface area contributed by atoms with Crippen LogP contribution in [0.5, 0.6) is 0 Å². The Morgan fingerprint density at radius 2 is 2.17 bits per heavy atom. The average molecular weight is 454 g/mol. The SMILES string of the molecule is CNCNCCc1nsc(Nc2nc(NC3CCCCC3N)ncc2C(N)=O)c1Cl. The van der Waals surface area contributed by atoms with Gasteiger partial charge in [-0.25, -0.2) is 4.98 Å². The lowest BCUT2D eigenvalue weighted by atomic mass is 9.91. The fraction of sp³-hybridized carbons (Fsp3) is 0.556. The minimum absolute atomic E-state index is 0.0459. The molecule has 30 heavy (non-hydrogen) atoms. The largest absolute Gasteiger partial charge is 0.365 e. The second kappa shape index (κ2) is 10.8. The quantitative estimate of drug-likeness (QED) is 0.231. The molecule has 0 radical (unpaired) electrons. The number of carbonyl (C=O) groups is 1. The van der Waals surface area contributed by atoms with E-state index in [1.807, 2.05) is 7.05 Å². The summed E-state index contributed by atoms with van der Waals surface area (Å²) in [4.78, 5) is 20.6. The maximum Gasteiger partial charge on any atom is 0.254 e. The third kappa shape index (κ3) is 5.76. The number of nitrogens with two attached hydrogens (primary N) is 2. The van der Waals surface area contributed by atoms with E-state index in [9.17, 15) is 4.79 Å². The minimum Gasteiger partial charge on any atom is -0.365 e. The number of nitrogens with one attached hydrogen (secondary N) is 4. The molecule has 2 unspecified atom stereocenters. The molecular weight excluding hydrogens is 426 g/mol. The van der Waals surface area contributed by atoms with Gasteiger partial charge in [0.2, 0.25) is 5.95 Å². The molecule has 2 aromatic heterocycles. The van der Waals surface area contributed by atoms with E-state index in [-0.39, 0.29) is 23.5 Å². The van der Waals surface area contributed by atoms with Crippen molar-refractivity contribution in [3.05, 3.63) is 22.5 Å². The zero-order valence-corrected chi connectivity index (χ0v) is 18.4. The first-order valence-electron chi connectivity index (χ1n) is 9.95. The molecule has 1 fully saturated rings. The summed E-state index contributed by atoms with van der Waals surface area (Å²) in [5.41, 5.74) is 12.7. The van der Waals surface area contributed by atoms with Crippen LogP contribution in [0, 0.1) is 0 Å². The van der Waals surface area contributed by atoms with Crippen molar-refractivity contribution < 1.29 is 4.79 Å². The van der Waals surface area contributed by atoms with Gasteiger partial charge >= 0.3 is 0 Å². The van der Waals surface area contributed by atoms with Gasteiger partial charge in [-0.05, 0) is 31.4 Å². The summed E-state index contributed by atoms with van der Waals surface area (Å²) in [6.45, 7) is 1.44. The van der Waals surface area contributed by atoms with E-state index in [2.05, 4.69) is 35.6 Å². The molecule has 0 aromatic carbocycles. The van der Waals surface area contributed by atoms with Crippen LogP contribution in [-0.4, -0.2) is 52.6 Å². The Kier molecular flexibility index (Phi) is 8.16. The lowest BCUT2D eigenvalue weighted by Crippen LogP contribution is -2.43. The van der Waals surface area contributed by atoms with Crippen LogP contribution in [-0.2, 0) is 6.42 Å². The van der Waals surface area contributed by atoms with E-state index < -0.39 is 5.91 Å². The molecule has 2 atom stereocenters. The van der Waals surface area contributed by atoms with E-state index in [4.69, 9.17) is 23.1 Å². The molecule has 1 aliphatic carbocycles. The fourth-order valence-corrected chi connectivity index (χ4v) is 4.37. The number of amides is 1. The smallest absolute Gasteiger partial charge is 0.254 e. The number of halogens is 1. The van der Waals surface area contributed by atoms with E-state index >= 15 is 0 Å². The first-order valence-corrected chi connectivity index (χ1v) is 11.1. The standard InChI is InChI=1S/C18H28ClN9OS/c1-22-9-23-7-6-13-14(19)17(30-28-13)26-16-10(15(21)29)8-24-18(27-16)25-12-5-3-2-4-11(12)20/h8,11-12,22-23H,2-7,9,20H2,1H3,(H2,21,29)(H2,24,25,26,27). The highest BCUT2D eigenvalue weighted by Crippen LogP contribution is 2.33. The first kappa shape index (κ1) is 22.6. The molecule has 1 saturated carbocycles. The van der Waals surface area contributed by atoms with Gasteiger partial charge in [0.15, 0.2) is 0 Å². The molecule has 12 heteroatoms. The van der Waals surface area contributed by atoms with Crippen molar-refractivity contribution >= 4 is 45.8 Å². The molecule has 0 spiro atoms. The number of primary amides is 1. The van der Waals surface area contributed by atoms with Gasteiger partial charge in [-0.2, -0.15) is 9.36 Å². The van der Waals surface area contributed by atoms with Crippen LogP contribution < -0.4 is 32.7 Å². The Bertz CT molecular complexity index is 862. The van der Waals surface area contributed by atoms with E-state index in [0.717, 1.165) is 37.9 Å². The Hall–Kier alpha value is -2.05. The summed E-state index contributed by atoms with van der Waals surface area (Å²) >= 11 is 7.69. The topological polar surface area (TPSA) is 156 Å². The highest BCUT2D eigenvalue weighted by Gasteiger charge is 2.23. The van der Waals surface area contributed by atoms with Crippen LogP contribution in [0.3, 0.4) is 0 Å². The summed E-state index contributed by atoms with van der Waals surface area (Å²) < 4.78 is 4.41. The lowest BCUT2D eigenvalue weighted by Gasteiger charge is -2.29. The average Bonchev–Trinajstić information content (AvgIpc) is 3.06. The molecule has 0 bridgehead atoms. The molecule has 2 heterocycles. The second-order valence-electron chi connectivity index (χ2n) is 7.20.